The van der Waals surface area contributed by atoms with Crippen LogP contribution in [-0.2, 0) is 9.59 Å². The molecule has 0 aromatic heterocycles. The molecule has 3 saturated carbocycles. The fourth-order valence-corrected chi connectivity index (χ4v) is 6.23. The molecule has 3 nitrogen and oxygen atoms in total. The fourth-order valence-electron chi connectivity index (χ4n) is 6.23. The van der Waals surface area contributed by atoms with Crippen LogP contribution in [0.2, 0.25) is 0 Å². The molecule has 0 aromatic carbocycles. The first-order chi connectivity index (χ1) is 12.9. The Kier molecular flexibility index (Phi) is 2.85. The van der Waals surface area contributed by atoms with Gasteiger partial charge in [-0.25, -0.2) is 0 Å². The number of carbonyl (C=O) groups is 2. The van der Waals surface area contributed by atoms with E-state index >= 15 is 0 Å². The number of aliphatic hydroxyl groups excluding tert-OH is 1. The van der Waals surface area contributed by atoms with Crippen molar-refractivity contribution in [2.24, 2.45) is 34.5 Å². The molecule has 0 aromatic rings. The third kappa shape index (κ3) is 2.13. The summed E-state index contributed by atoms with van der Waals surface area (Å²) in [6.07, 6.45) is 0.983. The molecule has 132 valence electrons. The van der Waals surface area contributed by atoms with Crippen molar-refractivity contribution in [1.29, 1.82) is 0 Å². The van der Waals surface area contributed by atoms with E-state index in [2.05, 4.69) is 0 Å². The van der Waals surface area contributed by atoms with Crippen LogP contribution in [0.25, 0.3) is 0 Å². The molecule has 1 N–H and O–H groups in total. The SMILES string of the molecule is [2H]C1([2H])[C@H]2[C@@H](CCC3=CC(=O)CC[C@@]32C)[C@@H]2CC[C@H](C(=O)CO)[C@@]2(C)C1([2H])[2H]. The molecule has 4 aliphatic rings. The highest BCUT2D eigenvalue weighted by molar-refractivity contribution is 5.91. The summed E-state index contributed by atoms with van der Waals surface area (Å²) in [5.74, 6) is -1.54. The summed E-state index contributed by atoms with van der Waals surface area (Å²) in [4.78, 5) is 24.5. The minimum absolute atomic E-state index is 0.0179. The average Bonchev–Trinajstić information content (AvgIpc) is 2.98. The monoisotopic (exact) mass is 334 g/mol. The maximum atomic E-state index is 12.5. The first kappa shape index (κ1) is 12.4. The largest absolute Gasteiger partial charge is 0.389 e. The smallest absolute Gasteiger partial charge is 0.161 e. The summed E-state index contributed by atoms with van der Waals surface area (Å²) < 4.78 is 36.0. The van der Waals surface area contributed by atoms with E-state index in [9.17, 15) is 14.7 Å². The van der Waals surface area contributed by atoms with Crippen molar-refractivity contribution in [3.05, 3.63) is 11.6 Å². The molecule has 0 bridgehead atoms. The number of hydrogen-bond donors (Lipinski definition) is 1. The Bertz CT molecular complexity index is 761. The van der Waals surface area contributed by atoms with Crippen LogP contribution < -0.4 is 0 Å². The highest BCUT2D eigenvalue weighted by atomic mass is 16.3. The van der Waals surface area contributed by atoms with Crippen molar-refractivity contribution >= 4 is 11.6 Å². The van der Waals surface area contributed by atoms with Gasteiger partial charge in [0.2, 0.25) is 0 Å². The molecule has 4 rings (SSSR count). The minimum Gasteiger partial charge on any atom is -0.389 e. The third-order valence-corrected chi connectivity index (χ3v) is 7.64. The molecular weight excluding hydrogens is 300 g/mol. The number of hydrogen-bond acceptors (Lipinski definition) is 3. The van der Waals surface area contributed by atoms with Gasteiger partial charge in [-0.05, 0) is 79.5 Å². The van der Waals surface area contributed by atoms with Gasteiger partial charge in [0, 0.05) is 17.8 Å². The second-order valence-electron chi connectivity index (χ2n) is 8.65. The Morgan fingerprint density at radius 3 is 2.83 bits per heavy atom. The van der Waals surface area contributed by atoms with Crippen LogP contribution in [0.1, 0.15) is 70.6 Å². The van der Waals surface area contributed by atoms with Gasteiger partial charge in [0.05, 0.1) is 0 Å². The van der Waals surface area contributed by atoms with Gasteiger partial charge in [-0.15, -0.1) is 0 Å². The topological polar surface area (TPSA) is 54.4 Å². The summed E-state index contributed by atoms with van der Waals surface area (Å²) in [6.45, 7) is 3.14. The standard InChI is InChI=1S/C21H30O3/c1-20-9-7-14(23)11-13(20)3-4-15-16-5-6-18(19(24)12-22)21(16,2)10-8-17(15)20/h11,15-18,22H,3-10,12H2,1-2H3/t15-,16-,17-,18+,20-,21-/m0/s1/i8D2,10D2. The van der Waals surface area contributed by atoms with Gasteiger partial charge < -0.3 is 5.11 Å². The zero-order valence-corrected chi connectivity index (χ0v) is 14.6. The summed E-state index contributed by atoms with van der Waals surface area (Å²) in [7, 11) is 0. The predicted molar refractivity (Wildman–Crippen MR) is 92.3 cm³/mol. The predicted octanol–water partition coefficient (Wildman–Crippen LogP) is 3.70. The molecule has 4 aliphatic carbocycles. The first-order valence-corrected chi connectivity index (χ1v) is 9.30. The normalized spacial score (nSPS) is 54.1. The van der Waals surface area contributed by atoms with Crippen molar-refractivity contribution in [1.82, 2.24) is 0 Å². The van der Waals surface area contributed by atoms with Crippen molar-refractivity contribution in [2.75, 3.05) is 6.61 Å². The Balaban J connectivity index is 1.87. The van der Waals surface area contributed by atoms with E-state index in [0.29, 0.717) is 25.7 Å². The summed E-state index contributed by atoms with van der Waals surface area (Å²) in [5, 5.41) is 9.45. The van der Waals surface area contributed by atoms with Crippen LogP contribution in [0.3, 0.4) is 0 Å². The fraction of sp³-hybridized carbons (Fsp3) is 0.810. The number of carbonyl (C=O) groups excluding carboxylic acids is 2. The Morgan fingerprint density at radius 2 is 2.08 bits per heavy atom. The Labute approximate surface area is 150 Å². The van der Waals surface area contributed by atoms with E-state index in [1.807, 2.05) is 6.92 Å². The highest BCUT2D eigenvalue weighted by Crippen LogP contribution is 2.66. The average molecular weight is 334 g/mol. The first-order valence-electron chi connectivity index (χ1n) is 11.3. The van der Waals surface area contributed by atoms with Crippen LogP contribution in [-0.4, -0.2) is 23.3 Å². The number of ketones is 2. The number of fused-ring (bicyclic) bond motifs is 5. The van der Waals surface area contributed by atoms with Crippen molar-refractivity contribution in [2.45, 2.75) is 65.1 Å². The molecule has 0 spiro atoms. The van der Waals surface area contributed by atoms with Gasteiger partial charge in [0.1, 0.15) is 6.61 Å². The van der Waals surface area contributed by atoms with Crippen molar-refractivity contribution in [3.8, 4) is 0 Å². The maximum Gasteiger partial charge on any atom is 0.161 e. The summed E-state index contributed by atoms with van der Waals surface area (Å²) >= 11 is 0. The van der Waals surface area contributed by atoms with Gasteiger partial charge in [0.15, 0.2) is 11.6 Å². The minimum atomic E-state index is -2.20. The van der Waals surface area contributed by atoms with Crippen LogP contribution in [0, 0.1) is 34.5 Å². The van der Waals surface area contributed by atoms with Crippen molar-refractivity contribution < 1.29 is 20.2 Å². The lowest BCUT2D eigenvalue weighted by molar-refractivity contribution is -0.133. The van der Waals surface area contributed by atoms with Crippen LogP contribution in [0.4, 0.5) is 0 Å². The number of allylic oxidation sites excluding steroid dienone is 1. The number of aliphatic hydroxyl groups is 1. The van der Waals surface area contributed by atoms with E-state index in [1.165, 1.54) is 0 Å². The molecule has 0 unspecified atom stereocenters. The van der Waals surface area contributed by atoms with Gasteiger partial charge in [-0.2, -0.15) is 0 Å². The lowest BCUT2D eigenvalue weighted by atomic mass is 9.46. The maximum absolute atomic E-state index is 12.5. The second kappa shape index (κ2) is 5.52. The molecule has 24 heavy (non-hydrogen) atoms. The number of Topliss-reactive ketones (excluding diaryl/α,β-unsaturated/α-hetero) is 1. The lowest BCUT2D eigenvalue weighted by Gasteiger charge is -2.58. The molecule has 0 aliphatic heterocycles. The Hall–Kier alpha value is -0.960. The van der Waals surface area contributed by atoms with E-state index < -0.39 is 42.0 Å². The van der Waals surface area contributed by atoms with E-state index in [4.69, 9.17) is 5.48 Å². The lowest BCUT2D eigenvalue weighted by Crippen LogP contribution is -2.51. The zero-order chi connectivity index (χ0) is 20.7. The molecule has 6 atom stereocenters. The van der Waals surface area contributed by atoms with Gasteiger partial charge >= 0.3 is 0 Å². The highest BCUT2D eigenvalue weighted by Gasteiger charge is 2.59. The molecule has 3 fully saturated rings. The molecule has 0 radical (unpaired) electrons. The molecule has 3 heteroatoms. The quantitative estimate of drug-likeness (QED) is 0.838. The van der Waals surface area contributed by atoms with E-state index in [1.54, 1.807) is 13.0 Å². The van der Waals surface area contributed by atoms with Crippen LogP contribution in [0.15, 0.2) is 11.6 Å². The van der Waals surface area contributed by atoms with E-state index in [-0.39, 0.29) is 23.4 Å². The Morgan fingerprint density at radius 1 is 1.29 bits per heavy atom. The summed E-state index contributed by atoms with van der Waals surface area (Å²) in [5.41, 5.74) is -0.664. The van der Waals surface area contributed by atoms with Crippen molar-refractivity contribution in [3.63, 3.8) is 0 Å². The third-order valence-electron chi connectivity index (χ3n) is 7.64. The molecule has 0 heterocycles. The summed E-state index contributed by atoms with van der Waals surface area (Å²) in [6, 6.07) is 0. The zero-order valence-electron chi connectivity index (χ0n) is 18.6. The van der Waals surface area contributed by atoms with Gasteiger partial charge in [-0.3, -0.25) is 9.59 Å². The second-order valence-corrected chi connectivity index (χ2v) is 8.65. The van der Waals surface area contributed by atoms with Gasteiger partial charge in [-0.1, -0.05) is 19.4 Å². The number of rotatable bonds is 2. The van der Waals surface area contributed by atoms with Gasteiger partial charge in [0.25, 0.3) is 0 Å². The molecular formula is C21H30O3. The van der Waals surface area contributed by atoms with Crippen LogP contribution in [0.5, 0.6) is 0 Å². The van der Waals surface area contributed by atoms with Crippen LogP contribution >= 0.6 is 0 Å². The molecule has 0 amide bonds. The molecule has 0 saturated heterocycles. The van der Waals surface area contributed by atoms with E-state index in [0.717, 1.165) is 18.4 Å².